The van der Waals surface area contributed by atoms with Crippen molar-refractivity contribution in [1.29, 1.82) is 0 Å². The van der Waals surface area contributed by atoms with Crippen LogP contribution in [-0.4, -0.2) is 52.6 Å². The van der Waals surface area contributed by atoms with Crippen molar-refractivity contribution in [2.24, 2.45) is 11.8 Å². The lowest BCUT2D eigenvalue weighted by molar-refractivity contribution is -0.144. The second-order valence-electron chi connectivity index (χ2n) is 4.80. The van der Waals surface area contributed by atoms with Crippen molar-refractivity contribution in [3.63, 3.8) is 0 Å². The molecule has 2 heterocycles. The predicted molar refractivity (Wildman–Crippen MR) is 66.1 cm³/mol. The molecule has 2 N–H and O–H groups in total. The van der Waals surface area contributed by atoms with Gasteiger partial charge in [0.25, 0.3) is 0 Å². The van der Waals surface area contributed by atoms with Gasteiger partial charge in [0.05, 0.1) is 5.92 Å². The van der Waals surface area contributed by atoms with E-state index in [1.54, 1.807) is 11.8 Å². The first kappa shape index (κ1) is 12.5. The van der Waals surface area contributed by atoms with Crippen LogP contribution in [0.1, 0.15) is 13.3 Å². The van der Waals surface area contributed by atoms with Crippen molar-refractivity contribution < 1.29 is 14.7 Å². The number of nitrogens with zero attached hydrogens (tertiary/aromatic N) is 1. The minimum Gasteiger partial charge on any atom is -0.481 e. The van der Waals surface area contributed by atoms with E-state index >= 15 is 0 Å². The van der Waals surface area contributed by atoms with Crippen LogP contribution in [0.3, 0.4) is 0 Å². The highest BCUT2D eigenvalue weighted by Crippen LogP contribution is 2.24. The molecule has 0 aliphatic carbocycles. The van der Waals surface area contributed by atoms with E-state index in [9.17, 15) is 9.59 Å². The summed E-state index contributed by atoms with van der Waals surface area (Å²) in [4.78, 5) is 24.2. The zero-order chi connectivity index (χ0) is 12.4. The Hall–Kier alpha value is -0.910. The number of likely N-dealkylation sites (tertiary alicyclic amines) is 1. The number of thioether (sulfide) groups is 1. The molecule has 2 saturated heterocycles. The third-order valence-corrected chi connectivity index (χ3v) is 4.71. The van der Waals surface area contributed by atoms with Gasteiger partial charge in [-0.3, -0.25) is 4.79 Å². The predicted octanol–water partition coefficient (Wildman–Crippen LogP) is 0.854. The molecule has 0 aromatic carbocycles. The first-order valence-electron chi connectivity index (χ1n) is 5.94. The number of hydrogen-bond donors (Lipinski definition) is 2. The molecule has 17 heavy (non-hydrogen) atoms. The Morgan fingerprint density at radius 1 is 1.47 bits per heavy atom. The summed E-state index contributed by atoms with van der Waals surface area (Å²) in [5.41, 5.74) is 0. The molecule has 0 saturated carbocycles. The number of carbonyl (C=O) groups is 2. The van der Waals surface area contributed by atoms with Gasteiger partial charge in [-0.05, 0) is 12.2 Å². The van der Waals surface area contributed by atoms with E-state index in [4.69, 9.17) is 5.11 Å². The van der Waals surface area contributed by atoms with Gasteiger partial charge in [0.15, 0.2) is 0 Å². The van der Waals surface area contributed by atoms with E-state index in [2.05, 4.69) is 5.32 Å². The minimum absolute atomic E-state index is 0.0358. The number of urea groups is 1. The van der Waals surface area contributed by atoms with Crippen LogP contribution in [-0.2, 0) is 4.79 Å². The molecule has 0 aromatic rings. The van der Waals surface area contributed by atoms with Crippen molar-refractivity contribution in [1.82, 2.24) is 10.2 Å². The molecule has 2 rings (SSSR count). The van der Waals surface area contributed by atoms with Crippen LogP contribution in [0.15, 0.2) is 0 Å². The van der Waals surface area contributed by atoms with E-state index in [1.807, 2.05) is 11.8 Å². The highest BCUT2D eigenvalue weighted by molar-refractivity contribution is 7.99. The van der Waals surface area contributed by atoms with Crippen LogP contribution in [0, 0.1) is 11.8 Å². The lowest BCUT2D eigenvalue weighted by atomic mass is 9.87. The van der Waals surface area contributed by atoms with Crippen LogP contribution in [0.5, 0.6) is 0 Å². The lowest BCUT2D eigenvalue weighted by Gasteiger charge is -2.41. The van der Waals surface area contributed by atoms with Crippen molar-refractivity contribution >= 4 is 23.8 Å². The number of carboxylic acid groups (broad SMARTS) is 1. The standard InChI is InChI=1S/C11H18N2O3S/c1-7(10(14)15)8-4-13(5-8)11(16)12-9-2-3-17-6-9/h7-9H,2-6H2,1H3,(H,12,16)(H,14,15). The van der Waals surface area contributed by atoms with E-state index in [1.165, 1.54) is 0 Å². The summed E-state index contributed by atoms with van der Waals surface area (Å²) in [6.07, 6.45) is 1.04. The molecule has 2 amide bonds. The number of rotatable bonds is 3. The summed E-state index contributed by atoms with van der Waals surface area (Å²) in [7, 11) is 0. The molecule has 2 aliphatic heterocycles. The zero-order valence-corrected chi connectivity index (χ0v) is 10.7. The molecule has 0 bridgehead atoms. The van der Waals surface area contributed by atoms with Gasteiger partial charge in [0.2, 0.25) is 0 Å². The molecular formula is C11H18N2O3S. The summed E-state index contributed by atoms with van der Waals surface area (Å²) in [5, 5.41) is 11.8. The number of aliphatic carboxylic acids is 1. The van der Waals surface area contributed by atoms with Crippen molar-refractivity contribution in [3.8, 4) is 0 Å². The van der Waals surface area contributed by atoms with Crippen LogP contribution < -0.4 is 5.32 Å². The van der Waals surface area contributed by atoms with Gasteiger partial charge in [-0.25, -0.2) is 4.79 Å². The van der Waals surface area contributed by atoms with Crippen LogP contribution in [0.25, 0.3) is 0 Å². The molecule has 5 nitrogen and oxygen atoms in total. The summed E-state index contributed by atoms with van der Waals surface area (Å²) >= 11 is 1.86. The third kappa shape index (κ3) is 2.86. The van der Waals surface area contributed by atoms with Crippen molar-refractivity contribution in [2.45, 2.75) is 19.4 Å². The Labute approximate surface area is 105 Å². The van der Waals surface area contributed by atoms with Crippen LogP contribution in [0.4, 0.5) is 4.79 Å². The van der Waals surface area contributed by atoms with E-state index in [0.717, 1.165) is 17.9 Å². The number of carbonyl (C=O) groups excluding carboxylic acids is 1. The molecule has 2 fully saturated rings. The van der Waals surface area contributed by atoms with Gasteiger partial charge < -0.3 is 15.3 Å². The zero-order valence-electron chi connectivity index (χ0n) is 9.89. The van der Waals surface area contributed by atoms with Gasteiger partial charge in [0.1, 0.15) is 0 Å². The molecule has 96 valence electrons. The fourth-order valence-corrected chi connectivity index (χ4v) is 3.26. The Morgan fingerprint density at radius 2 is 2.18 bits per heavy atom. The average Bonchev–Trinajstić information content (AvgIpc) is 2.67. The largest absolute Gasteiger partial charge is 0.481 e. The van der Waals surface area contributed by atoms with Gasteiger partial charge in [-0.2, -0.15) is 11.8 Å². The molecule has 2 aliphatic rings. The third-order valence-electron chi connectivity index (χ3n) is 3.55. The number of hydrogen-bond acceptors (Lipinski definition) is 3. The lowest BCUT2D eigenvalue weighted by Crippen LogP contribution is -2.57. The monoisotopic (exact) mass is 258 g/mol. The van der Waals surface area contributed by atoms with Gasteiger partial charge in [-0.15, -0.1) is 0 Å². The molecule has 0 spiro atoms. The molecule has 2 atom stereocenters. The normalized spacial score (nSPS) is 26.4. The Morgan fingerprint density at radius 3 is 2.71 bits per heavy atom. The number of amides is 2. The van der Waals surface area contributed by atoms with Crippen molar-refractivity contribution in [3.05, 3.63) is 0 Å². The topological polar surface area (TPSA) is 69.6 Å². The van der Waals surface area contributed by atoms with Crippen LogP contribution in [0.2, 0.25) is 0 Å². The molecule has 6 heteroatoms. The maximum absolute atomic E-state index is 11.8. The smallest absolute Gasteiger partial charge is 0.317 e. The van der Waals surface area contributed by atoms with Crippen molar-refractivity contribution in [2.75, 3.05) is 24.6 Å². The Bertz CT molecular complexity index is 312. The molecule has 2 unspecified atom stereocenters. The first-order valence-corrected chi connectivity index (χ1v) is 7.09. The summed E-state index contributed by atoms with van der Waals surface area (Å²) in [6.45, 7) is 2.84. The molecule has 0 radical (unpaired) electrons. The van der Waals surface area contributed by atoms with Crippen LogP contribution >= 0.6 is 11.8 Å². The summed E-state index contributed by atoms with van der Waals surface area (Å²) in [6, 6.07) is 0.259. The highest BCUT2D eigenvalue weighted by Gasteiger charge is 2.37. The first-order chi connectivity index (χ1) is 8.08. The Kier molecular flexibility index (Phi) is 3.81. The fourth-order valence-electron chi connectivity index (χ4n) is 2.11. The van der Waals surface area contributed by atoms with E-state index in [0.29, 0.717) is 19.1 Å². The number of carboxylic acids is 1. The highest BCUT2D eigenvalue weighted by atomic mass is 32.2. The minimum atomic E-state index is -0.776. The number of nitrogens with one attached hydrogen (secondary N) is 1. The van der Waals surface area contributed by atoms with Gasteiger partial charge in [-0.1, -0.05) is 6.92 Å². The summed E-state index contributed by atoms with van der Waals surface area (Å²) < 4.78 is 0. The van der Waals surface area contributed by atoms with Gasteiger partial charge >= 0.3 is 12.0 Å². The average molecular weight is 258 g/mol. The quantitative estimate of drug-likeness (QED) is 0.787. The maximum Gasteiger partial charge on any atom is 0.317 e. The maximum atomic E-state index is 11.8. The van der Waals surface area contributed by atoms with E-state index in [-0.39, 0.29) is 17.9 Å². The van der Waals surface area contributed by atoms with Gasteiger partial charge in [0, 0.05) is 30.8 Å². The second-order valence-corrected chi connectivity index (χ2v) is 5.95. The summed E-state index contributed by atoms with van der Waals surface area (Å²) in [5.74, 6) is 1.08. The molecular weight excluding hydrogens is 240 g/mol. The SMILES string of the molecule is CC(C(=O)O)C1CN(C(=O)NC2CCSC2)C1. The Balaban J connectivity index is 1.71. The molecule has 0 aromatic heterocycles. The van der Waals surface area contributed by atoms with E-state index < -0.39 is 5.97 Å². The second kappa shape index (κ2) is 5.16. The fraction of sp³-hybridized carbons (Fsp3) is 0.818.